The van der Waals surface area contributed by atoms with E-state index in [0.717, 1.165) is 70.1 Å². The van der Waals surface area contributed by atoms with Crippen molar-refractivity contribution in [1.82, 2.24) is 19.7 Å². The summed E-state index contributed by atoms with van der Waals surface area (Å²) in [7, 11) is 4.42. The van der Waals surface area contributed by atoms with E-state index in [4.69, 9.17) is 4.98 Å². The van der Waals surface area contributed by atoms with Gasteiger partial charge in [0, 0.05) is 75.5 Å². The van der Waals surface area contributed by atoms with Crippen LogP contribution in [0.25, 0.3) is 22.2 Å². The van der Waals surface area contributed by atoms with Crippen molar-refractivity contribution in [2.75, 3.05) is 71.4 Å². The van der Waals surface area contributed by atoms with E-state index < -0.39 is 0 Å². The summed E-state index contributed by atoms with van der Waals surface area (Å²) in [5.41, 5.74) is 6.07. The van der Waals surface area contributed by atoms with Crippen molar-refractivity contribution in [3.05, 3.63) is 60.2 Å². The molecule has 1 aromatic heterocycles. The topological polar surface area (TPSA) is 25.9 Å². The molecule has 5 rings (SSSR count). The lowest BCUT2D eigenvalue weighted by molar-refractivity contribution is 0.148. The molecule has 0 amide bonds. The SMILES string of the molecule is CN1CCN(Cc2cccc(-c3cc(N4CCN(C)CC4)c4ccccc4n3)c2)CC1. The van der Waals surface area contributed by atoms with Gasteiger partial charge in [-0.25, -0.2) is 4.98 Å². The highest BCUT2D eigenvalue weighted by atomic mass is 15.3. The Balaban J connectivity index is 1.46. The Bertz CT molecular complexity index is 1030. The molecule has 2 aromatic carbocycles. The van der Waals surface area contributed by atoms with Crippen molar-refractivity contribution < 1.29 is 0 Å². The average molecular weight is 416 g/mol. The summed E-state index contributed by atoms with van der Waals surface area (Å²) in [6, 6.07) is 19.9. The first-order chi connectivity index (χ1) is 15.2. The van der Waals surface area contributed by atoms with Gasteiger partial charge in [-0.05, 0) is 37.9 Å². The van der Waals surface area contributed by atoms with Crippen molar-refractivity contribution in [2.24, 2.45) is 0 Å². The number of fused-ring (bicyclic) bond motifs is 1. The predicted octanol–water partition coefficient (Wildman–Crippen LogP) is 3.40. The van der Waals surface area contributed by atoms with Crippen LogP contribution in [0.1, 0.15) is 5.56 Å². The van der Waals surface area contributed by atoms with Crippen LogP contribution in [0.5, 0.6) is 0 Å². The Morgan fingerprint density at radius 2 is 1.45 bits per heavy atom. The van der Waals surface area contributed by atoms with Crippen molar-refractivity contribution >= 4 is 16.6 Å². The highest BCUT2D eigenvalue weighted by Crippen LogP contribution is 2.32. The molecule has 2 aliphatic heterocycles. The second-order valence-corrected chi connectivity index (χ2v) is 9.11. The molecule has 5 nitrogen and oxygen atoms in total. The number of anilines is 1. The number of hydrogen-bond acceptors (Lipinski definition) is 5. The van der Waals surface area contributed by atoms with Crippen LogP contribution in [0.4, 0.5) is 5.69 Å². The van der Waals surface area contributed by atoms with Gasteiger partial charge in [-0.2, -0.15) is 0 Å². The number of pyridine rings is 1. The molecule has 2 aliphatic rings. The molecule has 31 heavy (non-hydrogen) atoms. The van der Waals surface area contributed by atoms with E-state index in [1.807, 2.05) is 0 Å². The maximum Gasteiger partial charge on any atom is 0.0730 e. The smallest absolute Gasteiger partial charge is 0.0730 e. The van der Waals surface area contributed by atoms with E-state index in [1.165, 1.54) is 22.2 Å². The van der Waals surface area contributed by atoms with Crippen LogP contribution in [0, 0.1) is 0 Å². The van der Waals surface area contributed by atoms with Crippen LogP contribution in [0.2, 0.25) is 0 Å². The minimum absolute atomic E-state index is 1.01. The largest absolute Gasteiger partial charge is 0.368 e. The van der Waals surface area contributed by atoms with Crippen LogP contribution in [0.3, 0.4) is 0 Å². The standard InChI is InChI=1S/C26H33N5/c1-28-10-14-30(15-11-28)20-21-6-5-7-22(18-21)25-19-26(31-16-12-29(2)13-17-31)23-8-3-4-9-24(23)27-25/h3-9,18-19H,10-17,20H2,1-2H3. The molecule has 0 radical (unpaired) electrons. The van der Waals surface area contributed by atoms with Crippen molar-refractivity contribution in [3.63, 3.8) is 0 Å². The Kier molecular flexibility index (Phi) is 5.90. The highest BCUT2D eigenvalue weighted by molar-refractivity contribution is 5.94. The summed E-state index contributed by atoms with van der Waals surface area (Å²) < 4.78 is 0. The molecule has 0 bridgehead atoms. The average Bonchev–Trinajstić information content (AvgIpc) is 2.81. The van der Waals surface area contributed by atoms with Gasteiger partial charge in [0.05, 0.1) is 11.2 Å². The van der Waals surface area contributed by atoms with Crippen LogP contribution >= 0.6 is 0 Å². The van der Waals surface area contributed by atoms with E-state index in [0.29, 0.717) is 0 Å². The Morgan fingerprint density at radius 3 is 2.23 bits per heavy atom. The number of likely N-dealkylation sites (N-methyl/N-ethyl adjacent to an activating group) is 2. The minimum atomic E-state index is 1.01. The quantitative estimate of drug-likeness (QED) is 0.651. The van der Waals surface area contributed by atoms with Gasteiger partial charge in [-0.15, -0.1) is 0 Å². The maximum absolute atomic E-state index is 5.06. The zero-order valence-corrected chi connectivity index (χ0v) is 18.8. The zero-order chi connectivity index (χ0) is 21.2. The fourth-order valence-corrected chi connectivity index (χ4v) is 4.71. The molecule has 5 heteroatoms. The van der Waals surface area contributed by atoms with E-state index in [1.54, 1.807) is 0 Å². The summed E-state index contributed by atoms with van der Waals surface area (Å²) in [6.45, 7) is 9.94. The Hall–Kier alpha value is -2.47. The minimum Gasteiger partial charge on any atom is -0.368 e. The third-order valence-corrected chi connectivity index (χ3v) is 6.76. The monoisotopic (exact) mass is 415 g/mol. The fraction of sp³-hybridized carbons (Fsp3) is 0.423. The van der Waals surface area contributed by atoms with Gasteiger partial charge in [0.2, 0.25) is 0 Å². The van der Waals surface area contributed by atoms with Gasteiger partial charge in [-0.1, -0.05) is 36.4 Å². The lowest BCUT2D eigenvalue weighted by Crippen LogP contribution is -2.44. The van der Waals surface area contributed by atoms with E-state index >= 15 is 0 Å². The van der Waals surface area contributed by atoms with Crippen LogP contribution < -0.4 is 4.90 Å². The second kappa shape index (κ2) is 8.95. The Labute approximate surface area is 185 Å². The van der Waals surface area contributed by atoms with Crippen LogP contribution in [0.15, 0.2) is 54.6 Å². The fourth-order valence-electron chi connectivity index (χ4n) is 4.71. The maximum atomic E-state index is 5.06. The van der Waals surface area contributed by atoms with Crippen molar-refractivity contribution in [3.8, 4) is 11.3 Å². The molecule has 3 heterocycles. The molecule has 2 fully saturated rings. The number of rotatable bonds is 4. The summed E-state index contributed by atoms with van der Waals surface area (Å²) in [5.74, 6) is 0. The van der Waals surface area contributed by atoms with Crippen LogP contribution in [-0.2, 0) is 6.54 Å². The predicted molar refractivity (Wildman–Crippen MR) is 130 cm³/mol. The van der Waals surface area contributed by atoms with Gasteiger partial charge < -0.3 is 14.7 Å². The number of aromatic nitrogens is 1. The molecule has 0 atom stereocenters. The third-order valence-electron chi connectivity index (χ3n) is 6.76. The van der Waals surface area contributed by atoms with Crippen LogP contribution in [-0.4, -0.2) is 86.1 Å². The molecule has 0 spiro atoms. The first-order valence-electron chi connectivity index (χ1n) is 11.5. The molecule has 0 unspecified atom stereocenters. The molecular formula is C26H33N5. The molecule has 0 aliphatic carbocycles. The summed E-state index contributed by atoms with van der Waals surface area (Å²) in [6.07, 6.45) is 0. The lowest BCUT2D eigenvalue weighted by atomic mass is 10.0. The first kappa shape index (κ1) is 20.4. The highest BCUT2D eigenvalue weighted by Gasteiger charge is 2.19. The van der Waals surface area contributed by atoms with E-state index in [-0.39, 0.29) is 0 Å². The van der Waals surface area contributed by atoms with Gasteiger partial charge >= 0.3 is 0 Å². The van der Waals surface area contributed by atoms with Crippen molar-refractivity contribution in [2.45, 2.75) is 6.54 Å². The molecule has 162 valence electrons. The van der Waals surface area contributed by atoms with E-state index in [9.17, 15) is 0 Å². The van der Waals surface area contributed by atoms with Gasteiger partial charge in [0.25, 0.3) is 0 Å². The zero-order valence-electron chi connectivity index (χ0n) is 18.8. The number of benzene rings is 2. The van der Waals surface area contributed by atoms with Crippen molar-refractivity contribution in [1.29, 1.82) is 0 Å². The summed E-state index contributed by atoms with van der Waals surface area (Å²) >= 11 is 0. The Morgan fingerprint density at radius 1 is 0.742 bits per heavy atom. The summed E-state index contributed by atoms with van der Waals surface area (Å²) in [5, 5.41) is 1.25. The second-order valence-electron chi connectivity index (χ2n) is 9.11. The normalized spacial score (nSPS) is 19.2. The van der Waals surface area contributed by atoms with Gasteiger partial charge in [-0.3, -0.25) is 4.90 Å². The van der Waals surface area contributed by atoms with Gasteiger partial charge in [0.1, 0.15) is 0 Å². The van der Waals surface area contributed by atoms with E-state index in [2.05, 4.69) is 88.3 Å². The lowest BCUT2D eigenvalue weighted by Gasteiger charge is -2.35. The molecule has 3 aromatic rings. The molecule has 0 saturated carbocycles. The number of nitrogens with zero attached hydrogens (tertiary/aromatic N) is 5. The number of para-hydroxylation sites is 1. The van der Waals surface area contributed by atoms with Gasteiger partial charge in [0.15, 0.2) is 0 Å². The molecule has 0 N–H and O–H groups in total. The number of piperazine rings is 2. The third kappa shape index (κ3) is 4.59. The number of hydrogen-bond donors (Lipinski definition) is 0. The summed E-state index contributed by atoms with van der Waals surface area (Å²) in [4.78, 5) is 15.0. The first-order valence-corrected chi connectivity index (χ1v) is 11.5. The molecular weight excluding hydrogens is 382 g/mol. The molecule has 2 saturated heterocycles.